The molecule has 1 heterocycles. The molecule has 0 bridgehead atoms. The topological polar surface area (TPSA) is 107 Å². The number of unbranched alkanes of at least 4 members (excludes halogenated alkanes) is 1. The van der Waals surface area contributed by atoms with Gasteiger partial charge in [0.1, 0.15) is 6.04 Å². The summed E-state index contributed by atoms with van der Waals surface area (Å²) in [5.74, 6) is -0.522. The van der Waals surface area contributed by atoms with E-state index in [-0.39, 0.29) is 6.54 Å². The van der Waals surface area contributed by atoms with E-state index in [2.05, 4.69) is 27.5 Å². The molecule has 1 aromatic rings. The molecule has 2 atom stereocenters. The van der Waals surface area contributed by atoms with Gasteiger partial charge < -0.3 is 15.5 Å². The second-order valence-corrected chi connectivity index (χ2v) is 4.63. The number of hydrogen-bond acceptors (Lipinski definition) is 6. The first-order valence-electron chi connectivity index (χ1n) is 6.73. The maximum absolute atomic E-state index is 10.9. The third kappa shape index (κ3) is 5.50. The third-order valence-corrected chi connectivity index (χ3v) is 2.79. The Balaban J connectivity index is 2.46. The predicted molar refractivity (Wildman–Crippen MR) is 75.4 cm³/mol. The number of aliphatic carboxylic acids is 1. The van der Waals surface area contributed by atoms with Gasteiger partial charge in [-0.1, -0.05) is 13.3 Å². The quantitative estimate of drug-likeness (QED) is 0.492. The first-order chi connectivity index (χ1) is 9.54. The van der Waals surface area contributed by atoms with Crippen LogP contribution >= 0.6 is 0 Å². The van der Waals surface area contributed by atoms with Gasteiger partial charge in [0.05, 0.1) is 6.10 Å². The fourth-order valence-electron chi connectivity index (χ4n) is 1.61. The number of carbonyl (C=O) groups is 1. The highest BCUT2D eigenvalue weighted by molar-refractivity contribution is 5.74. The van der Waals surface area contributed by atoms with Crippen LogP contribution in [-0.2, 0) is 11.3 Å². The lowest BCUT2D eigenvalue weighted by Gasteiger charge is -2.16. The maximum atomic E-state index is 10.9. The molecule has 0 aliphatic heterocycles. The number of aromatic nitrogens is 2. The Morgan fingerprint density at radius 1 is 1.40 bits per heavy atom. The number of aliphatic hydroxyl groups is 1. The number of nitrogens with one attached hydrogen (secondary N) is 2. The van der Waals surface area contributed by atoms with Crippen molar-refractivity contribution in [1.82, 2.24) is 15.3 Å². The number of carboxylic acid groups (broad SMARTS) is 1. The Bertz CT molecular complexity index is 409. The van der Waals surface area contributed by atoms with Crippen molar-refractivity contribution in [2.75, 3.05) is 11.9 Å². The van der Waals surface area contributed by atoms with Crippen molar-refractivity contribution in [3.8, 4) is 0 Å². The van der Waals surface area contributed by atoms with Crippen molar-refractivity contribution < 1.29 is 15.0 Å². The molecule has 112 valence electrons. The molecule has 1 aromatic heterocycles. The smallest absolute Gasteiger partial charge is 0.323 e. The van der Waals surface area contributed by atoms with Gasteiger partial charge in [-0.15, -0.1) is 0 Å². The molecule has 7 nitrogen and oxygen atoms in total. The van der Waals surface area contributed by atoms with Crippen LogP contribution < -0.4 is 10.6 Å². The number of carboxylic acids is 1. The van der Waals surface area contributed by atoms with Crippen molar-refractivity contribution >= 4 is 11.9 Å². The SMILES string of the molecule is CCCCNc1ncc(CN[C@@H](C(=O)O)[C@H](C)O)cn1. The van der Waals surface area contributed by atoms with Gasteiger partial charge in [-0.3, -0.25) is 10.1 Å². The van der Waals surface area contributed by atoms with E-state index in [0.29, 0.717) is 5.95 Å². The summed E-state index contributed by atoms with van der Waals surface area (Å²) in [5, 5.41) is 24.1. The van der Waals surface area contributed by atoms with E-state index < -0.39 is 18.1 Å². The predicted octanol–water partition coefficient (Wildman–Crippen LogP) is 0.612. The molecule has 20 heavy (non-hydrogen) atoms. The van der Waals surface area contributed by atoms with Gasteiger partial charge in [-0.25, -0.2) is 9.97 Å². The van der Waals surface area contributed by atoms with Gasteiger partial charge in [0, 0.05) is 31.0 Å². The lowest BCUT2D eigenvalue weighted by atomic mass is 10.2. The zero-order valence-electron chi connectivity index (χ0n) is 11.8. The summed E-state index contributed by atoms with van der Waals surface area (Å²) in [7, 11) is 0. The number of hydrogen-bond donors (Lipinski definition) is 4. The lowest BCUT2D eigenvalue weighted by molar-refractivity contribution is -0.142. The van der Waals surface area contributed by atoms with Crippen molar-refractivity contribution in [2.24, 2.45) is 0 Å². The summed E-state index contributed by atoms with van der Waals surface area (Å²) in [6, 6.07) is -1.00. The highest BCUT2D eigenvalue weighted by Crippen LogP contribution is 2.02. The molecule has 7 heteroatoms. The molecule has 0 fully saturated rings. The van der Waals surface area contributed by atoms with E-state index in [1.807, 2.05) is 0 Å². The zero-order chi connectivity index (χ0) is 15.0. The fraction of sp³-hybridized carbons (Fsp3) is 0.615. The van der Waals surface area contributed by atoms with Gasteiger partial charge in [-0.05, 0) is 13.3 Å². The molecule has 0 aliphatic rings. The van der Waals surface area contributed by atoms with Crippen LogP contribution in [0.1, 0.15) is 32.3 Å². The summed E-state index contributed by atoms with van der Waals surface area (Å²) < 4.78 is 0. The summed E-state index contributed by atoms with van der Waals surface area (Å²) in [4.78, 5) is 19.2. The fourth-order valence-corrected chi connectivity index (χ4v) is 1.61. The standard InChI is InChI=1S/C13H22N4O3/c1-3-4-5-14-13-16-7-10(8-17-13)6-15-11(9(2)18)12(19)20/h7-9,11,15,18H,3-6H2,1-2H3,(H,19,20)(H,14,16,17)/t9-,11+/m0/s1. The van der Waals surface area contributed by atoms with Crippen LogP contribution in [0, 0.1) is 0 Å². The Kier molecular flexibility index (Phi) is 6.89. The van der Waals surface area contributed by atoms with Crippen LogP contribution in [-0.4, -0.2) is 44.8 Å². The number of aliphatic hydroxyl groups excluding tert-OH is 1. The normalized spacial score (nSPS) is 13.8. The van der Waals surface area contributed by atoms with Gasteiger partial charge in [0.25, 0.3) is 0 Å². The second-order valence-electron chi connectivity index (χ2n) is 4.63. The number of nitrogens with zero attached hydrogens (tertiary/aromatic N) is 2. The second kappa shape index (κ2) is 8.44. The summed E-state index contributed by atoms with van der Waals surface area (Å²) in [6.07, 6.45) is 4.46. The van der Waals surface area contributed by atoms with Gasteiger partial charge in [0.2, 0.25) is 5.95 Å². The van der Waals surface area contributed by atoms with Crippen LogP contribution in [0.2, 0.25) is 0 Å². The van der Waals surface area contributed by atoms with Crippen LogP contribution in [0.25, 0.3) is 0 Å². The first-order valence-corrected chi connectivity index (χ1v) is 6.73. The van der Waals surface area contributed by atoms with E-state index in [1.54, 1.807) is 12.4 Å². The molecular formula is C13H22N4O3. The van der Waals surface area contributed by atoms with E-state index in [1.165, 1.54) is 6.92 Å². The minimum atomic E-state index is -1.08. The molecule has 0 radical (unpaired) electrons. The Hall–Kier alpha value is -1.73. The van der Waals surface area contributed by atoms with Gasteiger partial charge in [-0.2, -0.15) is 0 Å². The Morgan fingerprint density at radius 2 is 2.05 bits per heavy atom. The molecule has 0 saturated carbocycles. The number of anilines is 1. The first kappa shape index (κ1) is 16.3. The lowest BCUT2D eigenvalue weighted by Crippen LogP contribution is -2.44. The largest absolute Gasteiger partial charge is 0.480 e. The molecule has 0 saturated heterocycles. The zero-order valence-corrected chi connectivity index (χ0v) is 11.8. The van der Waals surface area contributed by atoms with Gasteiger partial charge >= 0.3 is 5.97 Å². The van der Waals surface area contributed by atoms with Gasteiger partial charge in [0.15, 0.2) is 0 Å². The summed E-state index contributed by atoms with van der Waals surface area (Å²) in [5.41, 5.74) is 0.762. The summed E-state index contributed by atoms with van der Waals surface area (Å²) >= 11 is 0. The van der Waals surface area contributed by atoms with E-state index in [9.17, 15) is 9.90 Å². The average Bonchev–Trinajstić information content (AvgIpc) is 2.40. The van der Waals surface area contributed by atoms with Crippen LogP contribution in [0.15, 0.2) is 12.4 Å². The third-order valence-electron chi connectivity index (χ3n) is 2.79. The maximum Gasteiger partial charge on any atom is 0.323 e. The molecular weight excluding hydrogens is 260 g/mol. The van der Waals surface area contributed by atoms with Crippen molar-refractivity contribution in [3.63, 3.8) is 0 Å². The molecule has 0 aromatic carbocycles. The van der Waals surface area contributed by atoms with E-state index >= 15 is 0 Å². The number of rotatable bonds is 9. The van der Waals surface area contributed by atoms with Crippen LogP contribution in [0.4, 0.5) is 5.95 Å². The van der Waals surface area contributed by atoms with E-state index in [0.717, 1.165) is 24.9 Å². The summed E-state index contributed by atoms with van der Waals surface area (Å²) in [6.45, 7) is 4.66. The van der Waals surface area contributed by atoms with Crippen molar-refractivity contribution in [1.29, 1.82) is 0 Å². The van der Waals surface area contributed by atoms with Crippen molar-refractivity contribution in [2.45, 2.75) is 45.4 Å². The Labute approximate surface area is 118 Å². The minimum Gasteiger partial charge on any atom is -0.480 e. The molecule has 0 amide bonds. The molecule has 1 rings (SSSR count). The molecule has 0 spiro atoms. The molecule has 0 unspecified atom stereocenters. The monoisotopic (exact) mass is 282 g/mol. The average molecular weight is 282 g/mol. The molecule has 4 N–H and O–H groups in total. The van der Waals surface area contributed by atoms with E-state index in [4.69, 9.17) is 5.11 Å². The highest BCUT2D eigenvalue weighted by Gasteiger charge is 2.22. The van der Waals surface area contributed by atoms with Crippen molar-refractivity contribution in [3.05, 3.63) is 18.0 Å². The highest BCUT2D eigenvalue weighted by atomic mass is 16.4. The Morgan fingerprint density at radius 3 is 2.55 bits per heavy atom. The molecule has 0 aliphatic carbocycles. The minimum absolute atomic E-state index is 0.289. The van der Waals surface area contributed by atoms with Crippen LogP contribution in [0.5, 0.6) is 0 Å². The van der Waals surface area contributed by atoms with Crippen LogP contribution in [0.3, 0.4) is 0 Å².